The molecule has 0 unspecified atom stereocenters. The van der Waals surface area contributed by atoms with E-state index in [4.69, 9.17) is 0 Å². The lowest BCUT2D eigenvalue weighted by molar-refractivity contribution is 0.328. The second kappa shape index (κ2) is 6.71. The molecule has 0 spiro atoms. The Bertz CT molecular complexity index is 383. The number of nitrogens with zero attached hydrogens (tertiary/aromatic N) is 2. The topological polar surface area (TPSA) is 29.9 Å². The van der Waals surface area contributed by atoms with E-state index in [2.05, 4.69) is 65.6 Å². The molecule has 0 saturated heterocycles. The molecule has 0 saturated carbocycles. The third kappa shape index (κ3) is 4.09. The molecule has 0 aliphatic heterocycles. The van der Waals surface area contributed by atoms with Crippen LogP contribution in [0.1, 0.15) is 45.5 Å². The van der Waals surface area contributed by atoms with E-state index >= 15 is 0 Å². The summed E-state index contributed by atoms with van der Waals surface area (Å²) in [7, 11) is 0. The molecule has 1 aromatic heterocycles. The summed E-state index contributed by atoms with van der Waals surface area (Å²) >= 11 is 3.67. The highest BCUT2D eigenvalue weighted by molar-refractivity contribution is 9.10. The zero-order chi connectivity index (χ0) is 13.8. The summed E-state index contributed by atoms with van der Waals surface area (Å²) < 4.78 is 3.29. The van der Waals surface area contributed by atoms with Gasteiger partial charge in [-0.25, -0.2) is 0 Å². The van der Waals surface area contributed by atoms with Gasteiger partial charge in [-0.15, -0.1) is 0 Å². The van der Waals surface area contributed by atoms with E-state index in [1.807, 2.05) is 0 Å². The highest BCUT2D eigenvalue weighted by atomic mass is 79.9. The van der Waals surface area contributed by atoms with Gasteiger partial charge in [-0.2, -0.15) is 5.10 Å². The second-order valence-corrected chi connectivity index (χ2v) is 6.47. The van der Waals surface area contributed by atoms with Crippen molar-refractivity contribution in [3.63, 3.8) is 0 Å². The van der Waals surface area contributed by atoms with Crippen LogP contribution in [-0.2, 0) is 13.0 Å². The van der Waals surface area contributed by atoms with Crippen molar-refractivity contribution < 1.29 is 0 Å². The molecule has 4 heteroatoms. The third-order valence-electron chi connectivity index (χ3n) is 3.13. The highest BCUT2D eigenvalue weighted by Gasteiger charge is 2.23. The summed E-state index contributed by atoms with van der Waals surface area (Å²) in [6, 6.07) is 0. The Hall–Kier alpha value is -0.350. The van der Waals surface area contributed by atoms with Gasteiger partial charge in [0.25, 0.3) is 0 Å². The summed E-state index contributed by atoms with van der Waals surface area (Å²) in [5.74, 6) is 0. The van der Waals surface area contributed by atoms with Crippen LogP contribution in [0.4, 0.5) is 0 Å². The molecule has 0 bridgehead atoms. The van der Waals surface area contributed by atoms with Crippen LogP contribution in [0.3, 0.4) is 0 Å². The van der Waals surface area contributed by atoms with Gasteiger partial charge in [0.05, 0.1) is 15.9 Å². The molecule has 0 radical (unpaired) electrons. The van der Waals surface area contributed by atoms with Crippen molar-refractivity contribution in [2.45, 2.75) is 54.0 Å². The number of aryl methyl sites for hydroxylation is 2. The number of hydrogen-bond donors (Lipinski definition) is 1. The maximum atomic E-state index is 4.56. The first kappa shape index (κ1) is 15.7. The lowest BCUT2D eigenvalue weighted by atomic mass is 9.87. The SMILES string of the molecule is CCCNCC(C)(C)Cc1c(Br)c(C)nn1CC. The maximum absolute atomic E-state index is 4.56. The minimum Gasteiger partial charge on any atom is -0.316 e. The molecule has 0 aliphatic carbocycles. The van der Waals surface area contributed by atoms with Gasteiger partial charge in [0.15, 0.2) is 0 Å². The van der Waals surface area contributed by atoms with Gasteiger partial charge in [-0.05, 0) is 54.6 Å². The second-order valence-electron chi connectivity index (χ2n) is 5.68. The summed E-state index contributed by atoms with van der Waals surface area (Å²) in [5.41, 5.74) is 2.65. The number of halogens is 1. The molecule has 0 atom stereocenters. The highest BCUT2D eigenvalue weighted by Crippen LogP contribution is 2.28. The van der Waals surface area contributed by atoms with Gasteiger partial charge in [0.1, 0.15) is 0 Å². The maximum Gasteiger partial charge on any atom is 0.0738 e. The Morgan fingerprint density at radius 3 is 2.56 bits per heavy atom. The van der Waals surface area contributed by atoms with Crippen LogP contribution in [0, 0.1) is 12.3 Å². The smallest absolute Gasteiger partial charge is 0.0738 e. The molecule has 0 aliphatic rings. The van der Waals surface area contributed by atoms with Crippen molar-refractivity contribution >= 4 is 15.9 Å². The standard InChI is InChI=1S/C14H26BrN3/c1-6-8-16-10-14(4,5)9-12-13(15)11(3)17-18(12)7-2/h16H,6-10H2,1-5H3. The first-order valence-corrected chi connectivity index (χ1v) is 7.63. The molecule has 0 aromatic carbocycles. The molecular weight excluding hydrogens is 290 g/mol. The number of hydrogen-bond acceptors (Lipinski definition) is 2. The van der Waals surface area contributed by atoms with E-state index in [1.54, 1.807) is 0 Å². The van der Waals surface area contributed by atoms with Gasteiger partial charge < -0.3 is 5.32 Å². The fraction of sp³-hybridized carbons (Fsp3) is 0.786. The van der Waals surface area contributed by atoms with Gasteiger partial charge in [-0.3, -0.25) is 4.68 Å². The van der Waals surface area contributed by atoms with E-state index in [0.29, 0.717) is 0 Å². The lowest BCUT2D eigenvalue weighted by Gasteiger charge is -2.25. The first-order valence-electron chi connectivity index (χ1n) is 6.83. The van der Waals surface area contributed by atoms with Crippen LogP contribution in [0.15, 0.2) is 4.47 Å². The van der Waals surface area contributed by atoms with Crippen molar-refractivity contribution in [3.8, 4) is 0 Å². The monoisotopic (exact) mass is 315 g/mol. The summed E-state index contributed by atoms with van der Waals surface area (Å²) in [6.45, 7) is 14.1. The van der Waals surface area contributed by atoms with Crippen LogP contribution >= 0.6 is 15.9 Å². The first-order chi connectivity index (χ1) is 8.41. The average Bonchev–Trinajstić information content (AvgIpc) is 2.56. The largest absolute Gasteiger partial charge is 0.316 e. The molecule has 1 N–H and O–H groups in total. The van der Waals surface area contributed by atoms with Gasteiger partial charge in [0.2, 0.25) is 0 Å². The Balaban J connectivity index is 2.76. The van der Waals surface area contributed by atoms with Crippen molar-refractivity contribution in [3.05, 3.63) is 15.9 Å². The summed E-state index contributed by atoms with van der Waals surface area (Å²) in [6.07, 6.45) is 2.23. The molecule has 1 rings (SSSR count). The van der Waals surface area contributed by atoms with Crippen molar-refractivity contribution in [2.24, 2.45) is 5.41 Å². The Morgan fingerprint density at radius 1 is 1.33 bits per heavy atom. The van der Waals surface area contributed by atoms with E-state index < -0.39 is 0 Å². The van der Waals surface area contributed by atoms with E-state index in [9.17, 15) is 0 Å². The van der Waals surface area contributed by atoms with E-state index in [1.165, 1.54) is 16.6 Å². The lowest BCUT2D eigenvalue weighted by Crippen LogP contribution is -2.32. The number of aromatic nitrogens is 2. The molecule has 3 nitrogen and oxygen atoms in total. The molecule has 0 amide bonds. The number of rotatable bonds is 7. The molecule has 1 heterocycles. The number of nitrogens with one attached hydrogen (secondary N) is 1. The molecular formula is C14H26BrN3. The van der Waals surface area contributed by atoms with Crippen LogP contribution < -0.4 is 5.32 Å². The van der Waals surface area contributed by atoms with E-state index in [-0.39, 0.29) is 5.41 Å². The molecule has 104 valence electrons. The minimum absolute atomic E-state index is 0.247. The third-order valence-corrected chi connectivity index (χ3v) is 4.16. The fourth-order valence-electron chi connectivity index (χ4n) is 2.16. The Morgan fingerprint density at radius 2 is 2.00 bits per heavy atom. The quantitative estimate of drug-likeness (QED) is 0.780. The van der Waals surface area contributed by atoms with Gasteiger partial charge in [-0.1, -0.05) is 20.8 Å². The minimum atomic E-state index is 0.247. The van der Waals surface area contributed by atoms with Crippen LogP contribution in [0.2, 0.25) is 0 Å². The molecule has 0 fully saturated rings. The Labute approximate surface area is 119 Å². The zero-order valence-corrected chi connectivity index (χ0v) is 13.9. The van der Waals surface area contributed by atoms with Crippen LogP contribution in [-0.4, -0.2) is 22.9 Å². The van der Waals surface area contributed by atoms with Crippen molar-refractivity contribution in [2.75, 3.05) is 13.1 Å². The average molecular weight is 316 g/mol. The molecule has 1 aromatic rings. The van der Waals surface area contributed by atoms with Crippen LogP contribution in [0.5, 0.6) is 0 Å². The Kier molecular flexibility index (Phi) is 5.86. The van der Waals surface area contributed by atoms with Gasteiger partial charge >= 0.3 is 0 Å². The van der Waals surface area contributed by atoms with Crippen LogP contribution in [0.25, 0.3) is 0 Å². The van der Waals surface area contributed by atoms with E-state index in [0.717, 1.165) is 31.7 Å². The predicted molar refractivity (Wildman–Crippen MR) is 81.0 cm³/mol. The fourth-order valence-corrected chi connectivity index (χ4v) is 2.58. The predicted octanol–water partition coefficient (Wildman–Crippen LogP) is 3.54. The summed E-state index contributed by atoms with van der Waals surface area (Å²) in [4.78, 5) is 0. The van der Waals surface area contributed by atoms with Crippen molar-refractivity contribution in [1.82, 2.24) is 15.1 Å². The van der Waals surface area contributed by atoms with Crippen molar-refractivity contribution in [1.29, 1.82) is 0 Å². The molecule has 18 heavy (non-hydrogen) atoms. The normalized spacial score (nSPS) is 12.1. The summed E-state index contributed by atoms with van der Waals surface area (Å²) in [5, 5.41) is 8.07. The van der Waals surface area contributed by atoms with Gasteiger partial charge in [0, 0.05) is 13.1 Å². The zero-order valence-electron chi connectivity index (χ0n) is 12.3.